The van der Waals surface area contributed by atoms with E-state index >= 15 is 0 Å². The van der Waals surface area contributed by atoms with Gasteiger partial charge in [-0.1, -0.05) is 6.42 Å². The normalized spacial score (nSPS) is 32.5. The number of hydrogen-bond donors (Lipinski definition) is 1. The molecule has 1 aromatic rings. The van der Waals surface area contributed by atoms with Crippen LogP contribution in [0.1, 0.15) is 29.8 Å². The van der Waals surface area contributed by atoms with E-state index < -0.39 is 0 Å². The SMILES string of the molecule is NC1CCCC2CN(C(=O)c3ccco3)CC12. The molecule has 1 aliphatic heterocycles. The highest BCUT2D eigenvalue weighted by atomic mass is 16.3. The summed E-state index contributed by atoms with van der Waals surface area (Å²) in [4.78, 5) is 14.1. The van der Waals surface area contributed by atoms with Crippen molar-refractivity contribution >= 4 is 5.91 Å². The van der Waals surface area contributed by atoms with E-state index in [1.807, 2.05) is 4.90 Å². The van der Waals surface area contributed by atoms with E-state index in [1.54, 1.807) is 18.4 Å². The topological polar surface area (TPSA) is 59.5 Å². The molecule has 2 heterocycles. The molecule has 4 nitrogen and oxygen atoms in total. The Labute approximate surface area is 101 Å². The minimum Gasteiger partial charge on any atom is -0.459 e. The minimum absolute atomic E-state index is 0.0107. The van der Waals surface area contributed by atoms with E-state index in [1.165, 1.54) is 12.8 Å². The standard InChI is InChI=1S/C13H18N2O2/c14-11-4-1-3-9-7-15(8-10(9)11)13(16)12-5-2-6-17-12/h2,5-6,9-11H,1,3-4,7-8,14H2. The van der Waals surface area contributed by atoms with Gasteiger partial charge in [0.05, 0.1) is 6.26 Å². The molecule has 0 bridgehead atoms. The highest BCUT2D eigenvalue weighted by Crippen LogP contribution is 2.35. The molecule has 1 aromatic heterocycles. The zero-order chi connectivity index (χ0) is 11.8. The zero-order valence-corrected chi connectivity index (χ0v) is 9.84. The van der Waals surface area contributed by atoms with Crippen molar-refractivity contribution in [1.82, 2.24) is 4.90 Å². The molecule has 2 fully saturated rings. The summed E-state index contributed by atoms with van der Waals surface area (Å²) in [5.74, 6) is 1.54. The molecule has 17 heavy (non-hydrogen) atoms. The van der Waals surface area contributed by atoms with Crippen molar-refractivity contribution in [2.45, 2.75) is 25.3 Å². The number of fused-ring (bicyclic) bond motifs is 1. The van der Waals surface area contributed by atoms with Gasteiger partial charge in [-0.2, -0.15) is 0 Å². The quantitative estimate of drug-likeness (QED) is 0.800. The average molecular weight is 234 g/mol. The maximum absolute atomic E-state index is 12.1. The lowest BCUT2D eigenvalue weighted by Gasteiger charge is -2.29. The number of nitrogens with zero attached hydrogens (tertiary/aromatic N) is 1. The number of hydrogen-bond acceptors (Lipinski definition) is 3. The van der Waals surface area contributed by atoms with Crippen LogP contribution in [0.2, 0.25) is 0 Å². The highest BCUT2D eigenvalue weighted by molar-refractivity contribution is 5.91. The summed E-state index contributed by atoms with van der Waals surface area (Å²) < 4.78 is 5.17. The van der Waals surface area contributed by atoms with Gasteiger partial charge in [0.1, 0.15) is 0 Å². The summed E-state index contributed by atoms with van der Waals surface area (Å²) >= 11 is 0. The Balaban J connectivity index is 1.73. The maximum atomic E-state index is 12.1. The zero-order valence-electron chi connectivity index (χ0n) is 9.84. The van der Waals surface area contributed by atoms with Crippen LogP contribution in [-0.2, 0) is 0 Å². The van der Waals surface area contributed by atoms with Gasteiger partial charge in [-0.3, -0.25) is 4.79 Å². The van der Waals surface area contributed by atoms with Crippen LogP contribution < -0.4 is 5.73 Å². The van der Waals surface area contributed by atoms with Gasteiger partial charge in [-0.25, -0.2) is 0 Å². The highest BCUT2D eigenvalue weighted by Gasteiger charge is 2.40. The summed E-state index contributed by atoms with van der Waals surface area (Å²) in [6, 6.07) is 3.75. The Kier molecular flexibility index (Phi) is 2.67. The van der Waals surface area contributed by atoms with Crippen molar-refractivity contribution < 1.29 is 9.21 Å². The first kappa shape index (κ1) is 10.8. The minimum atomic E-state index is 0.0107. The molecule has 1 aliphatic carbocycles. The molecule has 1 amide bonds. The van der Waals surface area contributed by atoms with Gasteiger partial charge in [0.15, 0.2) is 5.76 Å². The Bertz CT molecular complexity index is 402. The Morgan fingerprint density at radius 2 is 2.29 bits per heavy atom. The average Bonchev–Trinajstić information content (AvgIpc) is 2.98. The number of likely N-dealkylation sites (tertiary alicyclic amines) is 1. The third-order valence-electron chi connectivity index (χ3n) is 4.17. The van der Waals surface area contributed by atoms with E-state index in [9.17, 15) is 4.79 Å². The molecule has 3 unspecified atom stereocenters. The van der Waals surface area contributed by atoms with Crippen molar-refractivity contribution in [3.63, 3.8) is 0 Å². The smallest absolute Gasteiger partial charge is 0.289 e. The fourth-order valence-electron chi connectivity index (χ4n) is 3.24. The molecule has 1 saturated carbocycles. The van der Waals surface area contributed by atoms with E-state index in [0.717, 1.165) is 19.5 Å². The summed E-state index contributed by atoms with van der Waals surface area (Å²) in [5, 5.41) is 0. The second-order valence-electron chi connectivity index (χ2n) is 5.21. The van der Waals surface area contributed by atoms with Crippen molar-refractivity contribution in [3.8, 4) is 0 Å². The van der Waals surface area contributed by atoms with E-state index in [2.05, 4.69) is 0 Å². The first-order valence-corrected chi connectivity index (χ1v) is 6.34. The van der Waals surface area contributed by atoms with Gasteiger partial charge in [0.2, 0.25) is 0 Å². The summed E-state index contributed by atoms with van der Waals surface area (Å²) in [5.41, 5.74) is 6.14. The van der Waals surface area contributed by atoms with Crippen LogP contribution in [0.15, 0.2) is 22.8 Å². The van der Waals surface area contributed by atoms with Gasteiger partial charge < -0.3 is 15.1 Å². The second-order valence-corrected chi connectivity index (χ2v) is 5.21. The molecule has 3 atom stereocenters. The molecule has 0 radical (unpaired) electrons. The summed E-state index contributed by atoms with van der Waals surface area (Å²) in [7, 11) is 0. The van der Waals surface area contributed by atoms with Crippen LogP contribution in [0.5, 0.6) is 0 Å². The van der Waals surface area contributed by atoms with Gasteiger partial charge in [-0.15, -0.1) is 0 Å². The predicted octanol–water partition coefficient (Wildman–Crippen LogP) is 1.48. The van der Waals surface area contributed by atoms with Gasteiger partial charge in [-0.05, 0) is 36.8 Å². The van der Waals surface area contributed by atoms with Crippen LogP contribution in [0.3, 0.4) is 0 Å². The lowest BCUT2D eigenvalue weighted by molar-refractivity contribution is 0.0752. The molecule has 1 saturated heterocycles. The lowest BCUT2D eigenvalue weighted by Crippen LogP contribution is -2.38. The molecular weight excluding hydrogens is 216 g/mol. The van der Waals surface area contributed by atoms with Crippen molar-refractivity contribution in [2.24, 2.45) is 17.6 Å². The second kappa shape index (κ2) is 4.18. The number of rotatable bonds is 1. The van der Waals surface area contributed by atoms with Gasteiger partial charge in [0.25, 0.3) is 5.91 Å². The molecule has 2 N–H and O–H groups in total. The largest absolute Gasteiger partial charge is 0.459 e. The van der Waals surface area contributed by atoms with Crippen LogP contribution in [-0.4, -0.2) is 29.9 Å². The van der Waals surface area contributed by atoms with Crippen LogP contribution in [0, 0.1) is 11.8 Å². The third-order valence-corrected chi connectivity index (χ3v) is 4.17. The molecular formula is C13H18N2O2. The first-order valence-electron chi connectivity index (χ1n) is 6.34. The predicted molar refractivity (Wildman–Crippen MR) is 63.4 cm³/mol. The van der Waals surface area contributed by atoms with E-state index in [4.69, 9.17) is 10.2 Å². The number of carbonyl (C=O) groups is 1. The fourth-order valence-corrected chi connectivity index (χ4v) is 3.24. The Morgan fingerprint density at radius 1 is 1.41 bits per heavy atom. The molecule has 0 aromatic carbocycles. The lowest BCUT2D eigenvalue weighted by atomic mass is 9.78. The van der Waals surface area contributed by atoms with Crippen molar-refractivity contribution in [3.05, 3.63) is 24.2 Å². The number of carbonyl (C=O) groups excluding carboxylic acids is 1. The summed E-state index contributed by atoms with van der Waals surface area (Å²) in [6.07, 6.45) is 5.05. The first-order chi connectivity index (χ1) is 8.25. The number of nitrogens with two attached hydrogens (primary N) is 1. The van der Waals surface area contributed by atoms with Crippen molar-refractivity contribution in [1.29, 1.82) is 0 Å². The van der Waals surface area contributed by atoms with Crippen molar-refractivity contribution in [2.75, 3.05) is 13.1 Å². The van der Waals surface area contributed by atoms with Crippen LogP contribution in [0.25, 0.3) is 0 Å². The fraction of sp³-hybridized carbons (Fsp3) is 0.615. The molecule has 3 rings (SSSR count). The molecule has 92 valence electrons. The van der Waals surface area contributed by atoms with E-state index in [0.29, 0.717) is 17.6 Å². The van der Waals surface area contributed by atoms with Crippen LogP contribution in [0.4, 0.5) is 0 Å². The molecule has 2 aliphatic rings. The third kappa shape index (κ3) is 1.86. The van der Waals surface area contributed by atoms with Gasteiger partial charge >= 0.3 is 0 Å². The maximum Gasteiger partial charge on any atom is 0.289 e. The Hall–Kier alpha value is -1.29. The monoisotopic (exact) mass is 234 g/mol. The molecule has 0 spiro atoms. The van der Waals surface area contributed by atoms with E-state index in [-0.39, 0.29) is 11.9 Å². The molecule has 4 heteroatoms. The number of amides is 1. The van der Waals surface area contributed by atoms with Gasteiger partial charge in [0, 0.05) is 19.1 Å². The van der Waals surface area contributed by atoms with Crippen LogP contribution >= 0.6 is 0 Å². The number of furan rings is 1. The summed E-state index contributed by atoms with van der Waals surface area (Å²) in [6.45, 7) is 1.64. The Morgan fingerprint density at radius 3 is 3.00 bits per heavy atom.